The van der Waals surface area contributed by atoms with Crippen molar-refractivity contribution >= 4 is 22.3 Å². The number of morpholine rings is 1. The first-order valence-corrected chi connectivity index (χ1v) is 7.43. The molecule has 0 bridgehead atoms. The maximum absolute atomic E-state index is 5.70. The van der Waals surface area contributed by atoms with Crippen molar-refractivity contribution < 1.29 is 4.74 Å². The first-order chi connectivity index (χ1) is 10.2. The molecule has 1 aromatic carbocycles. The number of benzene rings is 1. The van der Waals surface area contributed by atoms with E-state index in [0.29, 0.717) is 5.92 Å². The molecule has 1 aliphatic rings. The monoisotopic (exact) mass is 286 g/mol. The second kappa shape index (κ2) is 5.87. The molecule has 21 heavy (non-hydrogen) atoms. The summed E-state index contributed by atoms with van der Waals surface area (Å²) in [7, 11) is 0. The van der Waals surface area contributed by atoms with Crippen LogP contribution in [-0.4, -0.2) is 31.3 Å². The topological polar surface area (TPSA) is 63.4 Å². The molecule has 2 aromatic rings. The van der Waals surface area contributed by atoms with Crippen LogP contribution in [0, 0.1) is 0 Å². The van der Waals surface area contributed by atoms with Crippen molar-refractivity contribution in [3.05, 3.63) is 30.0 Å². The fourth-order valence-corrected chi connectivity index (χ4v) is 2.67. The van der Waals surface area contributed by atoms with E-state index in [4.69, 9.17) is 15.6 Å². The van der Waals surface area contributed by atoms with E-state index in [1.165, 1.54) is 5.69 Å². The molecule has 2 heterocycles. The molecule has 3 N–H and O–H groups in total. The van der Waals surface area contributed by atoms with E-state index in [0.717, 1.165) is 48.6 Å². The van der Waals surface area contributed by atoms with Crippen molar-refractivity contribution in [3.63, 3.8) is 0 Å². The van der Waals surface area contributed by atoms with Gasteiger partial charge in [-0.3, -0.25) is 10.8 Å². The molecular weight excluding hydrogens is 264 g/mol. The van der Waals surface area contributed by atoms with Gasteiger partial charge in [0.1, 0.15) is 0 Å². The minimum Gasteiger partial charge on any atom is -0.378 e. The standard InChI is InChI=1S/C16H22N4O/c1-11(2)15-10-16(19-17)13-9-12(3-4-14(13)18-15)20-5-7-21-8-6-20/h3-4,9-11H,5-8,17H2,1-2H3,(H,18,19). The SMILES string of the molecule is CC(C)c1cc(NN)c2cc(N3CCOCC3)ccc2n1. The zero-order chi connectivity index (χ0) is 14.8. The van der Waals surface area contributed by atoms with Gasteiger partial charge in [0.25, 0.3) is 0 Å². The van der Waals surface area contributed by atoms with Crippen LogP contribution in [0.5, 0.6) is 0 Å². The van der Waals surface area contributed by atoms with Gasteiger partial charge >= 0.3 is 0 Å². The highest BCUT2D eigenvalue weighted by molar-refractivity contribution is 5.93. The van der Waals surface area contributed by atoms with Crippen LogP contribution in [0.15, 0.2) is 24.3 Å². The Kier molecular flexibility index (Phi) is 3.94. The van der Waals surface area contributed by atoms with Crippen LogP contribution >= 0.6 is 0 Å². The predicted molar refractivity (Wildman–Crippen MR) is 86.7 cm³/mol. The fraction of sp³-hybridized carbons (Fsp3) is 0.438. The highest BCUT2D eigenvalue weighted by atomic mass is 16.5. The van der Waals surface area contributed by atoms with Crippen molar-refractivity contribution in [2.75, 3.05) is 36.6 Å². The normalized spacial score (nSPS) is 15.7. The fourth-order valence-electron chi connectivity index (χ4n) is 2.67. The summed E-state index contributed by atoms with van der Waals surface area (Å²) < 4.78 is 5.41. The number of ether oxygens (including phenoxy) is 1. The maximum Gasteiger partial charge on any atom is 0.0728 e. The average molecular weight is 286 g/mol. The molecule has 0 unspecified atom stereocenters. The number of nitrogen functional groups attached to an aromatic ring is 1. The lowest BCUT2D eigenvalue weighted by atomic mass is 10.1. The maximum atomic E-state index is 5.70. The summed E-state index contributed by atoms with van der Waals surface area (Å²) in [6, 6.07) is 8.40. The molecule has 3 rings (SSSR count). The lowest BCUT2D eigenvalue weighted by Crippen LogP contribution is -2.36. The minimum atomic E-state index is 0.375. The largest absolute Gasteiger partial charge is 0.378 e. The second-order valence-electron chi connectivity index (χ2n) is 5.69. The number of hydrogen-bond acceptors (Lipinski definition) is 5. The van der Waals surface area contributed by atoms with Crippen molar-refractivity contribution in [1.29, 1.82) is 0 Å². The zero-order valence-electron chi connectivity index (χ0n) is 12.6. The Balaban J connectivity index is 2.05. The smallest absolute Gasteiger partial charge is 0.0728 e. The van der Waals surface area contributed by atoms with E-state index in [9.17, 15) is 0 Å². The van der Waals surface area contributed by atoms with Crippen molar-refractivity contribution in [2.24, 2.45) is 5.84 Å². The quantitative estimate of drug-likeness (QED) is 0.670. The Bertz CT molecular complexity index is 635. The average Bonchev–Trinajstić information content (AvgIpc) is 2.54. The van der Waals surface area contributed by atoms with E-state index in [1.807, 2.05) is 6.07 Å². The lowest BCUT2D eigenvalue weighted by Gasteiger charge is -2.29. The predicted octanol–water partition coefficient (Wildman–Crippen LogP) is 2.48. The molecule has 112 valence electrons. The van der Waals surface area contributed by atoms with Crippen LogP contribution in [0.4, 0.5) is 11.4 Å². The summed E-state index contributed by atoms with van der Waals surface area (Å²) in [6.07, 6.45) is 0. The number of aromatic nitrogens is 1. The number of fused-ring (bicyclic) bond motifs is 1. The Morgan fingerprint density at radius 2 is 2.00 bits per heavy atom. The van der Waals surface area contributed by atoms with Gasteiger partial charge in [0.2, 0.25) is 0 Å². The Morgan fingerprint density at radius 3 is 2.67 bits per heavy atom. The van der Waals surface area contributed by atoms with Crippen LogP contribution < -0.4 is 16.2 Å². The summed E-state index contributed by atoms with van der Waals surface area (Å²) in [5.74, 6) is 6.08. The van der Waals surface area contributed by atoms with Gasteiger partial charge in [0.15, 0.2) is 0 Å². The summed E-state index contributed by atoms with van der Waals surface area (Å²) in [4.78, 5) is 7.06. The van der Waals surface area contributed by atoms with Gasteiger partial charge < -0.3 is 15.1 Å². The second-order valence-corrected chi connectivity index (χ2v) is 5.69. The van der Waals surface area contributed by atoms with Crippen molar-refractivity contribution in [3.8, 4) is 0 Å². The Morgan fingerprint density at radius 1 is 1.24 bits per heavy atom. The van der Waals surface area contributed by atoms with Gasteiger partial charge in [-0.2, -0.15) is 0 Å². The number of nitrogens with one attached hydrogen (secondary N) is 1. The first-order valence-electron chi connectivity index (χ1n) is 7.43. The number of nitrogens with zero attached hydrogens (tertiary/aromatic N) is 2. The van der Waals surface area contributed by atoms with Crippen LogP contribution in [0.2, 0.25) is 0 Å². The molecule has 1 fully saturated rings. The molecule has 5 heteroatoms. The van der Waals surface area contributed by atoms with E-state index >= 15 is 0 Å². The third-order valence-electron chi connectivity index (χ3n) is 3.94. The van der Waals surface area contributed by atoms with Crippen LogP contribution in [0.1, 0.15) is 25.5 Å². The van der Waals surface area contributed by atoms with Crippen molar-refractivity contribution in [1.82, 2.24) is 4.98 Å². The number of hydrogen-bond donors (Lipinski definition) is 2. The van der Waals surface area contributed by atoms with E-state index in [-0.39, 0.29) is 0 Å². The highest BCUT2D eigenvalue weighted by Gasteiger charge is 2.14. The van der Waals surface area contributed by atoms with Gasteiger partial charge in [0, 0.05) is 29.9 Å². The highest BCUT2D eigenvalue weighted by Crippen LogP contribution is 2.29. The van der Waals surface area contributed by atoms with E-state index in [1.54, 1.807) is 0 Å². The molecule has 0 amide bonds. The molecule has 0 atom stereocenters. The molecule has 1 aromatic heterocycles. The van der Waals surface area contributed by atoms with E-state index < -0.39 is 0 Å². The van der Waals surface area contributed by atoms with Gasteiger partial charge in [-0.25, -0.2) is 0 Å². The summed E-state index contributed by atoms with van der Waals surface area (Å²) in [6.45, 7) is 7.69. The molecule has 1 aliphatic heterocycles. The summed E-state index contributed by atoms with van der Waals surface area (Å²) in [5, 5.41) is 1.06. The third-order valence-corrected chi connectivity index (χ3v) is 3.94. The molecule has 0 spiro atoms. The minimum absolute atomic E-state index is 0.375. The van der Waals surface area contributed by atoms with Gasteiger partial charge in [-0.1, -0.05) is 13.8 Å². The van der Waals surface area contributed by atoms with Gasteiger partial charge in [-0.15, -0.1) is 0 Å². The first kappa shape index (κ1) is 14.1. The molecular formula is C16H22N4O. The van der Waals surface area contributed by atoms with Crippen molar-refractivity contribution in [2.45, 2.75) is 19.8 Å². The Labute approximate surface area is 125 Å². The number of rotatable bonds is 3. The lowest BCUT2D eigenvalue weighted by molar-refractivity contribution is 0.122. The summed E-state index contributed by atoms with van der Waals surface area (Å²) >= 11 is 0. The van der Waals surface area contributed by atoms with Crippen LogP contribution in [0.3, 0.4) is 0 Å². The van der Waals surface area contributed by atoms with Crippen LogP contribution in [-0.2, 0) is 4.74 Å². The Hall–Kier alpha value is -1.85. The van der Waals surface area contributed by atoms with Crippen LogP contribution in [0.25, 0.3) is 10.9 Å². The third kappa shape index (κ3) is 2.80. The molecule has 0 radical (unpaired) electrons. The van der Waals surface area contributed by atoms with Gasteiger partial charge in [-0.05, 0) is 30.2 Å². The number of nitrogens with two attached hydrogens (primary N) is 1. The van der Waals surface area contributed by atoms with E-state index in [2.05, 4.69) is 42.4 Å². The number of hydrazine groups is 1. The molecule has 1 saturated heterocycles. The number of pyridine rings is 1. The number of anilines is 2. The molecule has 0 aliphatic carbocycles. The molecule has 0 saturated carbocycles. The summed E-state index contributed by atoms with van der Waals surface area (Å²) in [5.41, 5.74) is 6.97. The van der Waals surface area contributed by atoms with Gasteiger partial charge in [0.05, 0.1) is 24.4 Å². The zero-order valence-corrected chi connectivity index (χ0v) is 12.6. The molecule has 5 nitrogen and oxygen atoms in total.